The quantitative estimate of drug-likeness (QED) is 0.765. The Morgan fingerprint density at radius 2 is 1.74 bits per heavy atom. The Morgan fingerprint density at radius 1 is 1.11 bits per heavy atom. The lowest BCUT2D eigenvalue weighted by Gasteiger charge is -2.20. The molecule has 0 aliphatic rings. The monoisotopic (exact) mass is 279 g/mol. The summed E-state index contributed by atoms with van der Waals surface area (Å²) in [5.74, 6) is 3.25. The summed E-state index contributed by atoms with van der Waals surface area (Å²) in [5.41, 5.74) is 4.38. The molecule has 0 aliphatic carbocycles. The molecule has 1 atom stereocenters. The fourth-order valence-electron chi connectivity index (χ4n) is 2.34. The first-order valence-electron chi connectivity index (χ1n) is 7.40. The second-order valence-electron chi connectivity index (χ2n) is 5.76. The van der Waals surface area contributed by atoms with Crippen molar-refractivity contribution in [3.8, 4) is 0 Å². The van der Waals surface area contributed by atoms with Gasteiger partial charge >= 0.3 is 0 Å². The second kappa shape index (κ2) is 8.65. The average molecular weight is 279 g/mol. The minimum Gasteiger partial charge on any atom is -0.313 e. The number of hydrogen-bond donors (Lipinski definition) is 1. The molecule has 0 bridgehead atoms. The Labute approximate surface area is 123 Å². The van der Waals surface area contributed by atoms with Crippen LogP contribution in [0.3, 0.4) is 0 Å². The summed E-state index contributed by atoms with van der Waals surface area (Å²) in [7, 11) is 0. The number of benzene rings is 1. The Balaban J connectivity index is 2.62. The van der Waals surface area contributed by atoms with Crippen molar-refractivity contribution in [3.05, 3.63) is 34.9 Å². The molecule has 0 heterocycles. The molecule has 1 aromatic rings. The van der Waals surface area contributed by atoms with Crippen LogP contribution >= 0.6 is 11.8 Å². The van der Waals surface area contributed by atoms with E-state index < -0.39 is 0 Å². The molecule has 1 rings (SSSR count). The minimum atomic E-state index is 0.591. The summed E-state index contributed by atoms with van der Waals surface area (Å²) in [6.07, 6.45) is 1.15. The van der Waals surface area contributed by atoms with Crippen LogP contribution in [-0.2, 0) is 6.42 Å². The van der Waals surface area contributed by atoms with E-state index in [1.54, 1.807) is 0 Å². The summed E-state index contributed by atoms with van der Waals surface area (Å²) in [5, 5.41) is 3.64. The Bertz CT molecular complexity index is 353. The van der Waals surface area contributed by atoms with Gasteiger partial charge in [0.25, 0.3) is 0 Å². The van der Waals surface area contributed by atoms with Crippen molar-refractivity contribution in [2.24, 2.45) is 5.92 Å². The zero-order chi connectivity index (χ0) is 14.3. The highest BCUT2D eigenvalue weighted by molar-refractivity contribution is 7.99. The summed E-state index contributed by atoms with van der Waals surface area (Å²) in [6, 6.07) is 7.21. The lowest BCUT2D eigenvalue weighted by atomic mass is 9.97. The van der Waals surface area contributed by atoms with Crippen LogP contribution in [-0.4, -0.2) is 24.1 Å². The van der Waals surface area contributed by atoms with Crippen LogP contribution < -0.4 is 5.32 Å². The van der Waals surface area contributed by atoms with Gasteiger partial charge in [-0.3, -0.25) is 0 Å². The van der Waals surface area contributed by atoms with E-state index in [9.17, 15) is 0 Å². The van der Waals surface area contributed by atoms with Gasteiger partial charge in [0.2, 0.25) is 0 Å². The summed E-state index contributed by atoms with van der Waals surface area (Å²) in [6.45, 7) is 12.3. The first-order valence-corrected chi connectivity index (χ1v) is 8.56. The standard InChI is InChI=1S/C17H29NS/c1-6-18-16(12-19-11-13(2)3)10-17-14(4)8-7-9-15(17)5/h7-9,13,16,18H,6,10-12H2,1-5H3. The molecule has 1 nitrogen and oxygen atoms in total. The van der Waals surface area contributed by atoms with Crippen LogP contribution in [0.1, 0.15) is 37.5 Å². The van der Waals surface area contributed by atoms with Crippen LogP contribution in [0, 0.1) is 19.8 Å². The van der Waals surface area contributed by atoms with Crippen molar-refractivity contribution in [2.75, 3.05) is 18.1 Å². The van der Waals surface area contributed by atoms with Gasteiger partial charge in [-0.25, -0.2) is 0 Å². The predicted molar refractivity (Wildman–Crippen MR) is 89.2 cm³/mol. The number of likely N-dealkylation sites (N-methyl/N-ethyl adjacent to an activating group) is 1. The smallest absolute Gasteiger partial charge is 0.0198 e. The van der Waals surface area contributed by atoms with Crippen molar-refractivity contribution in [3.63, 3.8) is 0 Å². The van der Waals surface area contributed by atoms with E-state index in [0.717, 1.165) is 18.9 Å². The second-order valence-corrected chi connectivity index (χ2v) is 6.84. The van der Waals surface area contributed by atoms with E-state index in [-0.39, 0.29) is 0 Å². The van der Waals surface area contributed by atoms with Crippen LogP contribution in [0.5, 0.6) is 0 Å². The molecule has 0 amide bonds. The summed E-state index contributed by atoms with van der Waals surface area (Å²) >= 11 is 2.08. The maximum absolute atomic E-state index is 3.64. The van der Waals surface area contributed by atoms with E-state index in [2.05, 4.69) is 69.9 Å². The van der Waals surface area contributed by atoms with E-state index in [4.69, 9.17) is 0 Å². The van der Waals surface area contributed by atoms with Gasteiger partial charge in [-0.2, -0.15) is 11.8 Å². The van der Waals surface area contributed by atoms with Gasteiger partial charge < -0.3 is 5.32 Å². The lowest BCUT2D eigenvalue weighted by Crippen LogP contribution is -2.34. The predicted octanol–water partition coefficient (Wildman–Crippen LogP) is 4.21. The van der Waals surface area contributed by atoms with Crippen LogP contribution in [0.4, 0.5) is 0 Å². The Hall–Kier alpha value is -0.470. The van der Waals surface area contributed by atoms with E-state index in [1.807, 2.05) is 0 Å². The molecule has 0 spiro atoms. The molecule has 2 heteroatoms. The molecule has 19 heavy (non-hydrogen) atoms. The molecule has 0 aromatic heterocycles. The van der Waals surface area contributed by atoms with Crippen molar-refractivity contribution in [2.45, 2.75) is 47.1 Å². The molecule has 0 saturated carbocycles. The zero-order valence-electron chi connectivity index (χ0n) is 13.1. The highest BCUT2D eigenvalue weighted by Gasteiger charge is 2.12. The fraction of sp³-hybridized carbons (Fsp3) is 0.647. The van der Waals surface area contributed by atoms with E-state index in [1.165, 1.54) is 28.2 Å². The van der Waals surface area contributed by atoms with Crippen LogP contribution in [0.25, 0.3) is 0 Å². The third-order valence-corrected chi connectivity index (χ3v) is 4.90. The molecular weight excluding hydrogens is 250 g/mol. The third-order valence-electron chi connectivity index (χ3n) is 3.36. The molecular formula is C17H29NS. The number of thioether (sulfide) groups is 1. The SMILES string of the molecule is CCNC(CSCC(C)C)Cc1c(C)cccc1C. The molecule has 108 valence electrons. The number of nitrogens with one attached hydrogen (secondary N) is 1. The molecule has 1 aromatic carbocycles. The zero-order valence-corrected chi connectivity index (χ0v) is 13.9. The van der Waals surface area contributed by atoms with E-state index >= 15 is 0 Å². The van der Waals surface area contributed by atoms with Gasteiger partial charge in [0.1, 0.15) is 0 Å². The summed E-state index contributed by atoms with van der Waals surface area (Å²) in [4.78, 5) is 0. The molecule has 1 unspecified atom stereocenters. The van der Waals surface area contributed by atoms with Gasteiger partial charge in [0, 0.05) is 11.8 Å². The van der Waals surface area contributed by atoms with E-state index in [0.29, 0.717) is 6.04 Å². The largest absolute Gasteiger partial charge is 0.313 e. The average Bonchev–Trinajstić information content (AvgIpc) is 2.33. The number of aryl methyl sites for hydroxylation is 2. The normalized spacial score (nSPS) is 12.9. The van der Waals surface area contributed by atoms with Crippen molar-refractivity contribution in [1.82, 2.24) is 5.32 Å². The van der Waals surface area contributed by atoms with Gasteiger partial charge in [0.05, 0.1) is 0 Å². The molecule has 0 fully saturated rings. The van der Waals surface area contributed by atoms with Gasteiger partial charge in [-0.1, -0.05) is 39.0 Å². The Kier molecular flexibility index (Phi) is 7.55. The van der Waals surface area contributed by atoms with Crippen molar-refractivity contribution < 1.29 is 0 Å². The molecule has 0 aliphatic heterocycles. The Morgan fingerprint density at radius 3 is 2.26 bits per heavy atom. The molecule has 0 radical (unpaired) electrons. The highest BCUT2D eigenvalue weighted by atomic mass is 32.2. The van der Waals surface area contributed by atoms with Gasteiger partial charge in [-0.15, -0.1) is 0 Å². The van der Waals surface area contributed by atoms with Gasteiger partial charge in [0.15, 0.2) is 0 Å². The van der Waals surface area contributed by atoms with Crippen molar-refractivity contribution >= 4 is 11.8 Å². The highest BCUT2D eigenvalue weighted by Crippen LogP contribution is 2.18. The lowest BCUT2D eigenvalue weighted by molar-refractivity contribution is 0.569. The summed E-state index contributed by atoms with van der Waals surface area (Å²) < 4.78 is 0. The van der Waals surface area contributed by atoms with Crippen molar-refractivity contribution in [1.29, 1.82) is 0 Å². The van der Waals surface area contributed by atoms with Crippen LogP contribution in [0.15, 0.2) is 18.2 Å². The van der Waals surface area contributed by atoms with Crippen LogP contribution in [0.2, 0.25) is 0 Å². The fourth-order valence-corrected chi connectivity index (χ4v) is 3.47. The first kappa shape index (κ1) is 16.6. The maximum Gasteiger partial charge on any atom is 0.0198 e. The third kappa shape index (κ3) is 6.01. The number of hydrogen-bond acceptors (Lipinski definition) is 2. The first-order chi connectivity index (χ1) is 9.04. The van der Waals surface area contributed by atoms with Gasteiger partial charge in [-0.05, 0) is 55.2 Å². The number of rotatable bonds is 8. The maximum atomic E-state index is 3.64. The minimum absolute atomic E-state index is 0.591. The molecule has 0 saturated heterocycles. The topological polar surface area (TPSA) is 12.0 Å². The molecule has 1 N–H and O–H groups in total.